The number of hydrogen-bond donors (Lipinski definition) is 4. The van der Waals surface area contributed by atoms with Gasteiger partial charge in [-0.2, -0.15) is 0 Å². The zero-order valence-corrected chi connectivity index (χ0v) is 22.4. The van der Waals surface area contributed by atoms with Crippen LogP contribution in [0.4, 0.5) is 28.4 Å². The largest absolute Gasteiger partial charge is 0.474 e. The number of hydrogen-bond acceptors (Lipinski definition) is 9. The van der Waals surface area contributed by atoms with Crippen LogP contribution in [0.1, 0.15) is 22.3 Å². The van der Waals surface area contributed by atoms with E-state index in [9.17, 15) is 9.59 Å². The van der Waals surface area contributed by atoms with Gasteiger partial charge in [-0.3, -0.25) is 14.5 Å². The van der Waals surface area contributed by atoms with Crippen LogP contribution in [0.3, 0.4) is 0 Å². The molecule has 2 aromatic heterocycles. The summed E-state index contributed by atoms with van der Waals surface area (Å²) in [5, 5.41) is 9.38. The van der Waals surface area contributed by atoms with E-state index >= 15 is 0 Å². The summed E-state index contributed by atoms with van der Waals surface area (Å²) in [5.74, 6) is 0.0439. The topological polar surface area (TPSA) is 124 Å². The summed E-state index contributed by atoms with van der Waals surface area (Å²) >= 11 is 0. The highest BCUT2D eigenvalue weighted by atomic mass is 16.5. The predicted octanol–water partition coefficient (Wildman–Crippen LogP) is 3.04. The average Bonchev–Trinajstić information content (AvgIpc) is 2.96. The molecule has 1 saturated heterocycles. The Hall–Kier alpha value is -4.09. The Bertz CT molecular complexity index is 1350. The van der Waals surface area contributed by atoms with Crippen LogP contribution in [0.25, 0.3) is 0 Å². The fourth-order valence-corrected chi connectivity index (χ4v) is 4.91. The minimum atomic E-state index is -0.498. The Balaban J connectivity index is 1.25. The van der Waals surface area contributed by atoms with Crippen LogP contribution in [-0.2, 0) is 4.74 Å². The lowest BCUT2D eigenvalue weighted by molar-refractivity contribution is 0.102. The van der Waals surface area contributed by atoms with E-state index in [1.807, 2.05) is 31.2 Å². The first-order chi connectivity index (χ1) is 19.0. The van der Waals surface area contributed by atoms with Gasteiger partial charge in [-0.15, -0.1) is 0 Å². The van der Waals surface area contributed by atoms with Crippen molar-refractivity contribution in [2.24, 2.45) is 0 Å². The molecule has 5 rings (SSSR count). The van der Waals surface area contributed by atoms with Gasteiger partial charge in [-0.25, -0.2) is 4.98 Å². The third-order valence-corrected chi connectivity index (χ3v) is 7.09. The molecule has 11 heteroatoms. The smallest absolute Gasteiger partial charge is 0.263 e. The number of ether oxygens (including phenoxy) is 2. The fourth-order valence-electron chi connectivity index (χ4n) is 4.91. The van der Waals surface area contributed by atoms with Crippen LogP contribution in [0.2, 0.25) is 0 Å². The normalized spacial score (nSPS) is 15.2. The summed E-state index contributed by atoms with van der Waals surface area (Å²) < 4.78 is 10.8. The number of benzene rings is 1. The number of piperazine rings is 1. The number of rotatable bonds is 9. The Morgan fingerprint density at radius 2 is 1.92 bits per heavy atom. The van der Waals surface area contributed by atoms with Crippen LogP contribution < -0.4 is 31.1 Å². The maximum Gasteiger partial charge on any atom is 0.263 e. The second-order valence-corrected chi connectivity index (χ2v) is 9.65. The van der Waals surface area contributed by atoms with Gasteiger partial charge in [-0.05, 0) is 43.7 Å². The predicted molar refractivity (Wildman–Crippen MR) is 153 cm³/mol. The van der Waals surface area contributed by atoms with Crippen LogP contribution >= 0.6 is 0 Å². The van der Waals surface area contributed by atoms with Crippen molar-refractivity contribution in [1.29, 1.82) is 0 Å². The van der Waals surface area contributed by atoms with Gasteiger partial charge < -0.3 is 35.3 Å². The molecule has 0 spiro atoms. The number of anilines is 5. The van der Waals surface area contributed by atoms with E-state index in [4.69, 9.17) is 9.47 Å². The van der Waals surface area contributed by atoms with E-state index in [1.165, 1.54) is 6.20 Å². The van der Waals surface area contributed by atoms with Crippen molar-refractivity contribution in [3.8, 4) is 5.88 Å². The summed E-state index contributed by atoms with van der Waals surface area (Å²) in [6.07, 6.45) is 4.20. The van der Waals surface area contributed by atoms with Crippen LogP contribution in [0, 0.1) is 6.92 Å². The van der Waals surface area contributed by atoms with E-state index in [0.29, 0.717) is 36.1 Å². The van der Waals surface area contributed by atoms with E-state index in [2.05, 4.69) is 35.7 Å². The Kier molecular flexibility index (Phi) is 8.28. The van der Waals surface area contributed by atoms with Crippen molar-refractivity contribution in [3.63, 3.8) is 0 Å². The average molecular weight is 534 g/mol. The van der Waals surface area contributed by atoms with Gasteiger partial charge in [-0.1, -0.05) is 0 Å². The summed E-state index contributed by atoms with van der Waals surface area (Å²) in [4.78, 5) is 37.7. The number of aromatic nitrogens is 2. The van der Waals surface area contributed by atoms with Gasteiger partial charge in [0.1, 0.15) is 17.9 Å². The highest BCUT2D eigenvalue weighted by molar-refractivity contribution is 6.08. The van der Waals surface area contributed by atoms with E-state index < -0.39 is 11.5 Å². The highest BCUT2D eigenvalue weighted by Crippen LogP contribution is 2.34. The maximum absolute atomic E-state index is 13.3. The van der Waals surface area contributed by atoms with E-state index in [0.717, 1.165) is 62.7 Å². The molecule has 3 aromatic rings. The number of fused-ring (bicyclic) bond motifs is 1. The van der Waals surface area contributed by atoms with E-state index in [-0.39, 0.29) is 5.56 Å². The molecule has 1 aromatic carbocycles. The molecule has 1 amide bonds. The molecule has 0 atom stereocenters. The summed E-state index contributed by atoms with van der Waals surface area (Å²) in [5.41, 5.74) is 3.98. The van der Waals surface area contributed by atoms with Crippen molar-refractivity contribution in [1.82, 2.24) is 14.9 Å². The number of carbonyl (C=O) groups is 1. The molecule has 11 nitrogen and oxygen atoms in total. The Morgan fingerprint density at radius 1 is 1.13 bits per heavy atom. The Morgan fingerprint density at radius 3 is 2.69 bits per heavy atom. The first-order valence-corrected chi connectivity index (χ1v) is 13.3. The zero-order chi connectivity index (χ0) is 27.2. The first-order valence-electron chi connectivity index (χ1n) is 13.3. The van der Waals surface area contributed by atoms with E-state index in [1.54, 1.807) is 19.4 Å². The van der Waals surface area contributed by atoms with Crippen molar-refractivity contribution < 1.29 is 14.3 Å². The highest BCUT2D eigenvalue weighted by Gasteiger charge is 2.21. The number of amides is 1. The number of pyridine rings is 2. The van der Waals surface area contributed by atoms with Gasteiger partial charge in [0.15, 0.2) is 0 Å². The fraction of sp³-hybridized carbons (Fsp3) is 0.393. The SMILES string of the molecule is COCCCN1CCN(c2ccc(NC(=O)c3c(Nc4cnc5c(c4C)NCCO5)cc[nH]c3=O)cc2)CC1. The van der Waals surface area contributed by atoms with Gasteiger partial charge in [0.2, 0.25) is 5.88 Å². The third kappa shape index (κ3) is 6.15. The minimum absolute atomic E-state index is 0.00694. The molecular weight excluding hydrogens is 498 g/mol. The number of nitrogens with one attached hydrogen (secondary N) is 4. The monoisotopic (exact) mass is 533 g/mol. The zero-order valence-electron chi connectivity index (χ0n) is 22.4. The summed E-state index contributed by atoms with van der Waals surface area (Å²) in [7, 11) is 1.74. The molecule has 0 unspecified atom stereocenters. The molecular formula is C28H35N7O4. The number of methoxy groups -OCH3 is 1. The van der Waals surface area contributed by atoms with Crippen molar-refractivity contribution in [3.05, 3.63) is 64.2 Å². The van der Waals surface area contributed by atoms with Crippen LogP contribution in [0.15, 0.2) is 47.5 Å². The molecule has 206 valence electrons. The number of nitrogens with zero attached hydrogens (tertiary/aromatic N) is 3. The maximum atomic E-state index is 13.3. The molecule has 4 N–H and O–H groups in total. The van der Waals surface area contributed by atoms with Gasteiger partial charge >= 0.3 is 0 Å². The van der Waals surface area contributed by atoms with Crippen LogP contribution in [-0.4, -0.2) is 80.4 Å². The molecule has 0 saturated carbocycles. The summed E-state index contributed by atoms with van der Waals surface area (Å²) in [6.45, 7) is 8.93. The minimum Gasteiger partial charge on any atom is -0.474 e. The van der Waals surface area contributed by atoms with Crippen molar-refractivity contribution in [2.75, 3.05) is 80.4 Å². The lowest BCUT2D eigenvalue weighted by atomic mass is 10.1. The van der Waals surface area contributed by atoms with Gasteiger partial charge in [0.25, 0.3) is 11.5 Å². The van der Waals surface area contributed by atoms with Gasteiger partial charge in [0.05, 0.1) is 17.6 Å². The number of carbonyl (C=O) groups excluding carboxylic acids is 1. The standard InChI is InChI=1S/C28H35N7O4/c1-19-23(18-31-28-25(19)29-10-17-39-28)33-22-8-9-30-26(36)24(22)27(37)32-20-4-6-21(7-5-20)35-14-12-34(13-15-35)11-3-16-38-2/h4-9,18,29H,3,10-17H2,1-2H3,(H,32,37)(H2,30,33,36). The van der Waals surface area contributed by atoms with Gasteiger partial charge in [0, 0.05) is 76.1 Å². The molecule has 0 bridgehead atoms. The van der Waals surface area contributed by atoms with Crippen LogP contribution in [0.5, 0.6) is 5.88 Å². The quantitative estimate of drug-likeness (QED) is 0.307. The molecule has 4 heterocycles. The summed E-state index contributed by atoms with van der Waals surface area (Å²) in [6, 6.07) is 9.40. The Labute approximate surface area is 227 Å². The molecule has 39 heavy (non-hydrogen) atoms. The molecule has 0 aliphatic carbocycles. The molecule has 2 aliphatic heterocycles. The first kappa shape index (κ1) is 26.5. The molecule has 0 radical (unpaired) electrons. The van der Waals surface area contributed by atoms with Crippen molar-refractivity contribution >= 4 is 34.3 Å². The third-order valence-electron chi connectivity index (χ3n) is 7.09. The molecule has 2 aliphatic rings. The number of H-pyrrole nitrogens is 1. The van der Waals surface area contributed by atoms with Crippen molar-refractivity contribution in [2.45, 2.75) is 13.3 Å². The lowest BCUT2D eigenvalue weighted by Crippen LogP contribution is -2.46. The lowest BCUT2D eigenvalue weighted by Gasteiger charge is -2.36. The second kappa shape index (κ2) is 12.2. The second-order valence-electron chi connectivity index (χ2n) is 9.65. The number of aromatic amines is 1. The molecule has 1 fully saturated rings.